The van der Waals surface area contributed by atoms with Crippen LogP contribution in [0.5, 0.6) is 0 Å². The maximum absolute atomic E-state index is 14.5. The normalized spacial score (nSPS) is 20.7. The van der Waals surface area contributed by atoms with E-state index in [0.717, 1.165) is 44.1 Å². The molecule has 0 saturated carbocycles. The summed E-state index contributed by atoms with van der Waals surface area (Å²) >= 11 is 0. The molecule has 4 rings (SSSR count). The Morgan fingerprint density at radius 2 is 1.41 bits per heavy atom. The van der Waals surface area contributed by atoms with Gasteiger partial charge in [-0.3, -0.25) is 28.8 Å². The number of hydrogen-bond acceptors (Lipinski definition) is 10. The molecule has 2 aromatic rings. The highest BCUT2D eigenvalue weighted by Gasteiger charge is 2.43. The predicted molar refractivity (Wildman–Crippen MR) is 234 cm³/mol. The zero-order valence-electron chi connectivity index (χ0n) is 37.2. The molecule has 63 heavy (non-hydrogen) atoms. The number of ether oxygens (including phenoxy) is 2. The van der Waals surface area contributed by atoms with Crippen molar-refractivity contribution in [1.29, 1.82) is 0 Å². The van der Waals surface area contributed by atoms with Crippen LogP contribution in [0.4, 0.5) is 9.59 Å². The fourth-order valence-corrected chi connectivity index (χ4v) is 7.58. The number of benzene rings is 2. The summed E-state index contributed by atoms with van der Waals surface area (Å²) in [6.45, 7) is 4.66. The van der Waals surface area contributed by atoms with Crippen molar-refractivity contribution in [3.8, 4) is 0 Å². The highest BCUT2D eigenvalue weighted by Crippen LogP contribution is 2.26. The van der Waals surface area contributed by atoms with Crippen LogP contribution in [0.3, 0.4) is 0 Å². The van der Waals surface area contributed by atoms with Gasteiger partial charge in [0.25, 0.3) is 5.91 Å². The zero-order chi connectivity index (χ0) is 45.9. The van der Waals surface area contributed by atoms with Gasteiger partial charge in [-0.2, -0.15) is 0 Å². The third kappa shape index (κ3) is 16.7. The number of Topliss-reactive ketones (excluding diaryl/α,β-unsaturated/α-hetero) is 1. The molecule has 0 aromatic heterocycles. The van der Waals surface area contributed by atoms with E-state index in [1.54, 1.807) is 65.2 Å². The molecular weight excluding hydrogens is 811 g/mol. The molecule has 2 aliphatic rings. The highest BCUT2D eigenvalue weighted by atomic mass is 16.6. The molecule has 17 heteroatoms. The minimum absolute atomic E-state index is 0.0386. The van der Waals surface area contributed by atoms with E-state index in [0.29, 0.717) is 24.8 Å². The summed E-state index contributed by atoms with van der Waals surface area (Å²) in [5.41, 5.74) is 0.494. The number of likely N-dealkylation sites (N-methyl/N-ethyl adjacent to an activating group) is 1. The van der Waals surface area contributed by atoms with Crippen molar-refractivity contribution in [3.63, 3.8) is 0 Å². The van der Waals surface area contributed by atoms with Crippen molar-refractivity contribution in [2.45, 2.75) is 128 Å². The van der Waals surface area contributed by atoms with Gasteiger partial charge in [-0.1, -0.05) is 112 Å². The lowest BCUT2D eigenvalue weighted by molar-refractivity contribution is -0.143. The van der Waals surface area contributed by atoms with Gasteiger partial charge in [0.05, 0.1) is 12.6 Å². The van der Waals surface area contributed by atoms with Gasteiger partial charge in [0.2, 0.25) is 29.4 Å². The summed E-state index contributed by atoms with van der Waals surface area (Å²) in [6.07, 6.45) is 5.44. The number of alkyl carbamates (subject to hydrolysis) is 2. The molecule has 0 bridgehead atoms. The van der Waals surface area contributed by atoms with E-state index in [-0.39, 0.29) is 32.5 Å². The first-order valence-electron chi connectivity index (χ1n) is 21.9. The van der Waals surface area contributed by atoms with E-state index in [9.17, 15) is 38.4 Å². The monoisotopic (exact) mass is 875 g/mol. The van der Waals surface area contributed by atoms with Gasteiger partial charge in [-0.25, -0.2) is 9.59 Å². The second-order valence-electron chi connectivity index (χ2n) is 17.4. The van der Waals surface area contributed by atoms with Gasteiger partial charge in [0.1, 0.15) is 30.3 Å². The Hall–Kier alpha value is -6.00. The number of carbonyl (C=O) groups is 8. The van der Waals surface area contributed by atoms with Crippen LogP contribution in [0.2, 0.25) is 0 Å². The van der Waals surface area contributed by atoms with Crippen molar-refractivity contribution in [2.24, 2.45) is 5.92 Å². The van der Waals surface area contributed by atoms with Crippen molar-refractivity contribution in [3.05, 3.63) is 71.8 Å². The van der Waals surface area contributed by atoms with Gasteiger partial charge in [0, 0.05) is 27.2 Å². The predicted octanol–water partition coefficient (Wildman–Crippen LogP) is 4.05. The average Bonchev–Trinajstić information content (AvgIpc) is 3.69. The first-order chi connectivity index (χ1) is 30.0. The van der Waals surface area contributed by atoms with E-state index in [1.807, 2.05) is 30.3 Å². The van der Waals surface area contributed by atoms with E-state index in [1.165, 1.54) is 9.80 Å². The molecule has 0 spiro atoms. The third-order valence-electron chi connectivity index (χ3n) is 10.8. The van der Waals surface area contributed by atoms with Crippen molar-refractivity contribution in [2.75, 3.05) is 33.7 Å². The van der Waals surface area contributed by atoms with Gasteiger partial charge < -0.3 is 45.9 Å². The standard InChI is InChI=1S/C46H65N7O10/c1-46(2,3)63-45(61)50-35-25-19-11-9-7-6-8-10-18-24-34(39(55)41(57)47-28-37(54)51-38(43(59)52(4)5)33-22-16-13-17-23-33)49-40(56)36-26-32(29-53(36)42(35)58)27-48-44(60)62-30-31-20-14-12-15-21-31/h12-17,20-23,32,34-36,38H,6-11,18-19,24-30H2,1-5H3,(H,47,57)(H,48,60)(H,49,56)(H,50,61)(H,51,54)/t32-,34-,35-,36-,38-/m0/s1. The summed E-state index contributed by atoms with van der Waals surface area (Å²) in [5.74, 6) is -4.81. The van der Waals surface area contributed by atoms with Crippen LogP contribution in [0, 0.1) is 5.92 Å². The van der Waals surface area contributed by atoms with Crippen LogP contribution in [-0.2, 0) is 44.8 Å². The number of ketones is 1. The summed E-state index contributed by atoms with van der Waals surface area (Å²) in [7, 11) is 3.11. The Balaban J connectivity index is 1.52. The lowest BCUT2D eigenvalue weighted by atomic mass is 10.0. The molecule has 0 unspecified atom stereocenters. The maximum Gasteiger partial charge on any atom is 0.408 e. The van der Waals surface area contributed by atoms with E-state index < -0.39 is 89.7 Å². The van der Waals surface area contributed by atoms with Crippen LogP contribution in [0.25, 0.3) is 0 Å². The lowest BCUT2D eigenvalue weighted by Gasteiger charge is -2.30. The Morgan fingerprint density at radius 1 is 0.810 bits per heavy atom. The quantitative estimate of drug-likeness (QED) is 0.193. The second-order valence-corrected chi connectivity index (χ2v) is 17.4. The van der Waals surface area contributed by atoms with Gasteiger partial charge >= 0.3 is 12.2 Å². The number of nitrogens with zero attached hydrogens (tertiary/aromatic N) is 2. The number of fused-ring (bicyclic) bond motifs is 1. The third-order valence-corrected chi connectivity index (χ3v) is 10.8. The van der Waals surface area contributed by atoms with Crippen LogP contribution >= 0.6 is 0 Å². The first-order valence-corrected chi connectivity index (χ1v) is 21.9. The summed E-state index contributed by atoms with van der Waals surface area (Å²) in [4.78, 5) is 110. The minimum Gasteiger partial charge on any atom is -0.445 e. The number of hydrogen-bond donors (Lipinski definition) is 5. The summed E-state index contributed by atoms with van der Waals surface area (Å²) < 4.78 is 10.9. The Morgan fingerprint density at radius 3 is 2.03 bits per heavy atom. The number of amides is 7. The van der Waals surface area contributed by atoms with Crippen molar-refractivity contribution >= 4 is 47.5 Å². The molecule has 0 radical (unpaired) electrons. The lowest BCUT2D eigenvalue weighted by Crippen LogP contribution is -2.56. The smallest absolute Gasteiger partial charge is 0.408 e. The molecule has 344 valence electrons. The van der Waals surface area contributed by atoms with Crippen LogP contribution in [0.1, 0.15) is 109 Å². The Labute approximate surface area is 370 Å². The molecule has 5 N–H and O–H groups in total. The molecule has 2 aliphatic heterocycles. The molecule has 17 nitrogen and oxygen atoms in total. The Kier molecular flexibility index (Phi) is 19.4. The average molecular weight is 876 g/mol. The second kappa shape index (κ2) is 24.6. The molecule has 2 fully saturated rings. The number of nitrogens with one attached hydrogen (secondary N) is 5. The summed E-state index contributed by atoms with van der Waals surface area (Å²) in [6, 6.07) is 13.3. The van der Waals surface area contributed by atoms with Gasteiger partial charge in [-0.05, 0) is 57.1 Å². The SMILES string of the molecule is CN(C)C(=O)[C@@H](NC(=O)CNC(=O)C(=O)[C@@H]1CCCCCCCCCC[C@H](NC(=O)OC(C)(C)C)C(=O)N2C[C@H](CNC(=O)OCc3ccccc3)C[C@H]2C(=O)N1)c1ccccc1. The van der Waals surface area contributed by atoms with Gasteiger partial charge in [0.15, 0.2) is 0 Å². The summed E-state index contributed by atoms with van der Waals surface area (Å²) in [5, 5.41) is 13.2. The van der Waals surface area contributed by atoms with Crippen molar-refractivity contribution < 1.29 is 47.8 Å². The topological polar surface area (TPSA) is 222 Å². The van der Waals surface area contributed by atoms with Crippen molar-refractivity contribution in [1.82, 2.24) is 36.4 Å². The largest absolute Gasteiger partial charge is 0.445 e. The van der Waals surface area contributed by atoms with E-state index in [2.05, 4.69) is 26.6 Å². The fourth-order valence-electron chi connectivity index (χ4n) is 7.58. The highest BCUT2D eigenvalue weighted by molar-refractivity contribution is 6.38. The molecular formula is C46H65N7O10. The molecule has 0 aliphatic carbocycles. The first kappa shape index (κ1) is 49.7. The molecule has 2 saturated heterocycles. The van der Waals surface area contributed by atoms with Crippen LogP contribution < -0.4 is 26.6 Å². The molecule has 2 heterocycles. The van der Waals surface area contributed by atoms with Crippen LogP contribution in [0.15, 0.2) is 60.7 Å². The maximum atomic E-state index is 14.5. The van der Waals surface area contributed by atoms with E-state index in [4.69, 9.17) is 9.47 Å². The Bertz CT molecular complexity index is 1870. The minimum atomic E-state index is -1.29. The molecule has 7 amide bonds. The van der Waals surface area contributed by atoms with Crippen LogP contribution in [-0.4, -0.2) is 115 Å². The van der Waals surface area contributed by atoms with Gasteiger partial charge in [-0.15, -0.1) is 0 Å². The molecule has 2 aromatic carbocycles. The molecule has 5 atom stereocenters. The zero-order valence-corrected chi connectivity index (χ0v) is 37.2. The number of carbonyl (C=O) groups excluding carboxylic acids is 8. The number of rotatable bonds is 12. The fraction of sp³-hybridized carbons (Fsp3) is 0.565. The van der Waals surface area contributed by atoms with E-state index >= 15 is 0 Å².